The second kappa shape index (κ2) is 5.66. The highest BCUT2D eigenvalue weighted by Gasteiger charge is 2.10. The number of hydrogen-bond donors (Lipinski definition) is 1. The molecule has 0 unspecified atom stereocenters. The standard InChI is InChI=1S/C17H15FN2S/c1-11-7-14(18)13(8-15(11)19)9-17-20-16(10-21-17)12-5-3-2-4-6-12/h2-8,10H,9,19H2,1H3. The third-order valence-electron chi connectivity index (χ3n) is 3.40. The van der Waals surface area contributed by atoms with Gasteiger partial charge in [0, 0.05) is 23.1 Å². The number of aromatic nitrogens is 1. The number of thiazole rings is 1. The molecule has 3 aromatic rings. The maximum atomic E-state index is 14.0. The number of aryl methyl sites for hydroxylation is 1. The lowest BCUT2D eigenvalue weighted by Gasteiger charge is -2.05. The lowest BCUT2D eigenvalue weighted by atomic mass is 10.1. The van der Waals surface area contributed by atoms with E-state index in [1.807, 2.05) is 35.7 Å². The van der Waals surface area contributed by atoms with Gasteiger partial charge in [0.15, 0.2) is 0 Å². The molecule has 2 aromatic carbocycles. The van der Waals surface area contributed by atoms with Crippen molar-refractivity contribution in [2.45, 2.75) is 13.3 Å². The van der Waals surface area contributed by atoms with E-state index in [0.717, 1.165) is 21.8 Å². The fourth-order valence-corrected chi connectivity index (χ4v) is 2.99. The summed E-state index contributed by atoms with van der Waals surface area (Å²) in [6, 6.07) is 13.2. The van der Waals surface area contributed by atoms with Gasteiger partial charge in [-0.05, 0) is 30.2 Å². The number of hydrogen-bond acceptors (Lipinski definition) is 3. The molecule has 0 spiro atoms. The highest BCUT2D eigenvalue weighted by Crippen LogP contribution is 2.25. The van der Waals surface area contributed by atoms with Crippen molar-refractivity contribution in [2.24, 2.45) is 0 Å². The average Bonchev–Trinajstić information content (AvgIpc) is 2.94. The van der Waals surface area contributed by atoms with Gasteiger partial charge in [-0.25, -0.2) is 9.37 Å². The SMILES string of the molecule is Cc1cc(F)c(Cc2nc(-c3ccccc3)cs2)cc1N. The molecule has 0 radical (unpaired) electrons. The quantitative estimate of drug-likeness (QED) is 0.726. The van der Waals surface area contributed by atoms with Crippen LogP contribution < -0.4 is 5.73 Å². The van der Waals surface area contributed by atoms with Gasteiger partial charge >= 0.3 is 0 Å². The van der Waals surface area contributed by atoms with Crippen LogP contribution in [-0.4, -0.2) is 4.98 Å². The fraction of sp³-hybridized carbons (Fsp3) is 0.118. The minimum atomic E-state index is -0.224. The van der Waals surface area contributed by atoms with Crippen LogP contribution >= 0.6 is 11.3 Å². The van der Waals surface area contributed by atoms with E-state index in [1.54, 1.807) is 13.0 Å². The summed E-state index contributed by atoms with van der Waals surface area (Å²) < 4.78 is 14.0. The molecule has 4 heteroatoms. The molecule has 0 bridgehead atoms. The Bertz CT molecular complexity index is 766. The maximum absolute atomic E-state index is 14.0. The zero-order chi connectivity index (χ0) is 14.8. The second-order valence-electron chi connectivity index (χ2n) is 4.97. The lowest BCUT2D eigenvalue weighted by Crippen LogP contribution is -1.98. The van der Waals surface area contributed by atoms with Crippen molar-refractivity contribution in [3.8, 4) is 11.3 Å². The molecular formula is C17H15FN2S. The molecule has 0 atom stereocenters. The third-order valence-corrected chi connectivity index (χ3v) is 4.25. The summed E-state index contributed by atoms with van der Waals surface area (Å²) in [4.78, 5) is 4.58. The zero-order valence-electron chi connectivity index (χ0n) is 11.6. The van der Waals surface area contributed by atoms with Crippen molar-refractivity contribution in [1.82, 2.24) is 4.98 Å². The fourth-order valence-electron chi connectivity index (χ4n) is 2.17. The first-order chi connectivity index (χ1) is 10.1. The summed E-state index contributed by atoms with van der Waals surface area (Å²) >= 11 is 1.54. The molecule has 0 fully saturated rings. The number of anilines is 1. The minimum absolute atomic E-state index is 0.224. The number of nitrogens with zero attached hydrogens (tertiary/aromatic N) is 1. The lowest BCUT2D eigenvalue weighted by molar-refractivity contribution is 0.613. The first kappa shape index (κ1) is 13.8. The molecule has 21 heavy (non-hydrogen) atoms. The Labute approximate surface area is 127 Å². The summed E-state index contributed by atoms with van der Waals surface area (Å²) in [6.07, 6.45) is 0.466. The third kappa shape index (κ3) is 2.95. The van der Waals surface area contributed by atoms with E-state index in [1.165, 1.54) is 17.4 Å². The summed E-state index contributed by atoms with van der Waals surface area (Å²) in [7, 11) is 0. The van der Waals surface area contributed by atoms with Crippen LogP contribution in [0.25, 0.3) is 11.3 Å². The van der Waals surface area contributed by atoms with E-state index in [2.05, 4.69) is 4.98 Å². The van der Waals surface area contributed by atoms with E-state index in [-0.39, 0.29) is 5.82 Å². The van der Waals surface area contributed by atoms with Crippen LogP contribution in [0.2, 0.25) is 0 Å². The number of halogens is 1. The highest BCUT2D eigenvalue weighted by atomic mass is 32.1. The molecule has 1 heterocycles. The van der Waals surface area contributed by atoms with E-state index in [9.17, 15) is 4.39 Å². The van der Waals surface area contributed by atoms with Crippen molar-refractivity contribution in [2.75, 3.05) is 5.73 Å². The number of benzene rings is 2. The van der Waals surface area contributed by atoms with Crippen LogP contribution in [0, 0.1) is 12.7 Å². The Balaban J connectivity index is 1.87. The van der Waals surface area contributed by atoms with Gasteiger partial charge in [0.25, 0.3) is 0 Å². The van der Waals surface area contributed by atoms with Gasteiger partial charge in [-0.2, -0.15) is 0 Å². The smallest absolute Gasteiger partial charge is 0.127 e. The molecule has 0 aliphatic heterocycles. The Kier molecular flexibility index (Phi) is 3.71. The number of nitrogen functional groups attached to an aromatic ring is 1. The van der Waals surface area contributed by atoms with Gasteiger partial charge < -0.3 is 5.73 Å². The first-order valence-electron chi connectivity index (χ1n) is 6.68. The van der Waals surface area contributed by atoms with Gasteiger partial charge in [-0.3, -0.25) is 0 Å². The molecule has 3 rings (SSSR count). The Morgan fingerprint density at radius 3 is 2.71 bits per heavy atom. The molecule has 106 valence electrons. The molecule has 0 aliphatic rings. The Hall–Kier alpha value is -2.20. The van der Waals surface area contributed by atoms with E-state index in [4.69, 9.17) is 5.73 Å². The van der Waals surface area contributed by atoms with Crippen molar-refractivity contribution >= 4 is 17.0 Å². The van der Waals surface area contributed by atoms with Crippen molar-refractivity contribution < 1.29 is 4.39 Å². The summed E-state index contributed by atoms with van der Waals surface area (Å²) in [5.74, 6) is -0.224. The normalized spacial score (nSPS) is 10.8. The first-order valence-corrected chi connectivity index (χ1v) is 7.56. The summed E-state index contributed by atoms with van der Waals surface area (Å²) in [5.41, 5.74) is 9.83. The molecule has 0 saturated carbocycles. The molecule has 1 aromatic heterocycles. The van der Waals surface area contributed by atoms with Crippen molar-refractivity contribution in [3.05, 3.63) is 69.8 Å². The van der Waals surface area contributed by atoms with E-state index >= 15 is 0 Å². The molecule has 0 saturated heterocycles. The van der Waals surface area contributed by atoms with Gasteiger partial charge in [0.05, 0.1) is 10.7 Å². The topological polar surface area (TPSA) is 38.9 Å². The monoisotopic (exact) mass is 298 g/mol. The molecule has 0 amide bonds. The van der Waals surface area contributed by atoms with Crippen LogP contribution in [0.5, 0.6) is 0 Å². The predicted molar refractivity (Wildman–Crippen MR) is 85.9 cm³/mol. The maximum Gasteiger partial charge on any atom is 0.127 e. The summed E-state index contributed by atoms with van der Waals surface area (Å²) in [5, 5.41) is 2.89. The molecule has 0 aliphatic carbocycles. The van der Waals surface area contributed by atoms with Gasteiger partial charge in [0.2, 0.25) is 0 Å². The molecule has 2 nitrogen and oxygen atoms in total. The van der Waals surface area contributed by atoms with Crippen molar-refractivity contribution in [1.29, 1.82) is 0 Å². The number of nitrogens with two attached hydrogens (primary N) is 1. The summed E-state index contributed by atoms with van der Waals surface area (Å²) in [6.45, 7) is 1.80. The van der Waals surface area contributed by atoms with Crippen LogP contribution in [0.1, 0.15) is 16.1 Å². The van der Waals surface area contributed by atoms with Gasteiger partial charge in [-0.1, -0.05) is 30.3 Å². The highest BCUT2D eigenvalue weighted by molar-refractivity contribution is 7.10. The Morgan fingerprint density at radius 1 is 1.19 bits per heavy atom. The van der Waals surface area contributed by atoms with Crippen LogP contribution in [0.15, 0.2) is 47.8 Å². The number of rotatable bonds is 3. The zero-order valence-corrected chi connectivity index (χ0v) is 12.5. The van der Waals surface area contributed by atoms with Crippen LogP contribution in [0.3, 0.4) is 0 Å². The average molecular weight is 298 g/mol. The predicted octanol–water partition coefficient (Wildman–Crippen LogP) is 4.43. The molecular weight excluding hydrogens is 283 g/mol. The van der Waals surface area contributed by atoms with Crippen LogP contribution in [-0.2, 0) is 6.42 Å². The molecule has 2 N–H and O–H groups in total. The van der Waals surface area contributed by atoms with E-state index in [0.29, 0.717) is 17.7 Å². The minimum Gasteiger partial charge on any atom is -0.399 e. The Morgan fingerprint density at radius 2 is 1.95 bits per heavy atom. The second-order valence-corrected chi connectivity index (χ2v) is 5.91. The van der Waals surface area contributed by atoms with Crippen LogP contribution in [0.4, 0.5) is 10.1 Å². The van der Waals surface area contributed by atoms with Crippen molar-refractivity contribution in [3.63, 3.8) is 0 Å². The van der Waals surface area contributed by atoms with Gasteiger partial charge in [0.1, 0.15) is 5.82 Å². The largest absolute Gasteiger partial charge is 0.399 e. The van der Waals surface area contributed by atoms with E-state index < -0.39 is 0 Å². The van der Waals surface area contributed by atoms with Gasteiger partial charge in [-0.15, -0.1) is 11.3 Å².